The van der Waals surface area contributed by atoms with Gasteiger partial charge in [-0.15, -0.1) is 11.8 Å². The molecule has 2 aromatic rings. The smallest absolute Gasteiger partial charge is 0.407 e. The highest BCUT2D eigenvalue weighted by molar-refractivity contribution is 6.09. The molecule has 1 heterocycles. The Balaban J connectivity index is 0.856. The molecular weight excluding hydrogens is 769 g/mol. The van der Waals surface area contributed by atoms with Gasteiger partial charge in [0.05, 0.1) is 71.1 Å². The number of hydrogen-bond donors (Lipinski definition) is 3. The zero-order valence-electron chi connectivity index (χ0n) is 35.1. The maximum absolute atomic E-state index is 13.1. The summed E-state index contributed by atoms with van der Waals surface area (Å²) in [6.45, 7) is 3.98. The maximum Gasteiger partial charge on any atom is 0.407 e. The lowest BCUT2D eigenvalue weighted by molar-refractivity contribution is -0.00107. The van der Waals surface area contributed by atoms with Crippen molar-refractivity contribution in [2.75, 3.05) is 106 Å². The van der Waals surface area contributed by atoms with Crippen molar-refractivity contribution in [3.8, 4) is 34.3 Å². The van der Waals surface area contributed by atoms with E-state index in [1.54, 1.807) is 12.1 Å². The molecule has 1 aliphatic heterocycles. The quantitative estimate of drug-likeness (QED) is 0.0451. The molecule has 2 amide bonds. The fraction of sp³-hybridized carbons (Fsp3) is 0.478. The molecule has 1 saturated carbocycles. The molecule has 14 heteroatoms. The number of nitrogens with one attached hydrogen (secondary N) is 2. The summed E-state index contributed by atoms with van der Waals surface area (Å²) < 4.78 is 36.0. The van der Waals surface area contributed by atoms with Crippen molar-refractivity contribution in [2.45, 2.75) is 25.7 Å². The van der Waals surface area contributed by atoms with E-state index in [-0.39, 0.29) is 24.3 Å². The van der Waals surface area contributed by atoms with Crippen LogP contribution in [0.15, 0.2) is 59.0 Å². The number of nitrogens with zero attached hydrogens (tertiary/aromatic N) is 2. The van der Waals surface area contributed by atoms with Gasteiger partial charge in [0.1, 0.15) is 25.4 Å². The molecule has 0 aromatic heterocycles. The minimum atomic E-state index is -1.15. The van der Waals surface area contributed by atoms with Crippen LogP contribution < -0.4 is 25.5 Å². The van der Waals surface area contributed by atoms with E-state index in [0.29, 0.717) is 99.6 Å². The molecule has 320 valence electrons. The standard InChI is InChI=1S/C46H56N4O10/c1-49(2)32-12-15-37-41(28-32)60-42-29-33(50(3)4)13-16-38(42)43(37)36-14-11-31(27-39(36)45(52)53)44(51)47-17-19-55-21-23-57-25-26-58-24-22-56-20-18-48-46(54)59-30-40-34-9-7-5-6-8-10-35(34)40/h11-16,27-29,34-35,40H,7-10,17-26,30H2,1-4H3,(H2-,47,48,51,52,53,54)/p+1/t34-,35+,40?. The molecule has 3 aliphatic carbocycles. The highest BCUT2D eigenvalue weighted by Gasteiger charge is 2.49. The summed E-state index contributed by atoms with van der Waals surface area (Å²) >= 11 is 0. The van der Waals surface area contributed by atoms with E-state index in [9.17, 15) is 19.5 Å². The number of amides is 2. The number of aromatic carboxylic acids is 1. The second kappa shape index (κ2) is 21.7. The molecule has 14 nitrogen and oxygen atoms in total. The Morgan fingerprint density at radius 3 is 2.02 bits per heavy atom. The number of carboxylic acid groups (broad SMARTS) is 1. The number of rotatable bonds is 21. The minimum Gasteiger partial charge on any atom is -0.478 e. The van der Waals surface area contributed by atoms with Crippen LogP contribution in [0.25, 0.3) is 33.4 Å². The van der Waals surface area contributed by atoms with Gasteiger partial charge < -0.3 is 48.7 Å². The Kier molecular flexibility index (Phi) is 15.9. The average molecular weight is 826 g/mol. The summed E-state index contributed by atoms with van der Waals surface area (Å²) in [5.74, 6) is 7.22. The Hall–Kier alpha value is -5.46. The van der Waals surface area contributed by atoms with Crippen molar-refractivity contribution in [3.63, 3.8) is 0 Å². The summed E-state index contributed by atoms with van der Waals surface area (Å²) in [6.07, 6.45) is 3.69. The molecule has 0 bridgehead atoms. The topological polar surface area (TPSA) is 161 Å². The highest BCUT2D eigenvalue weighted by Crippen LogP contribution is 2.52. The van der Waals surface area contributed by atoms with Crippen LogP contribution in [-0.4, -0.2) is 124 Å². The third-order valence-corrected chi connectivity index (χ3v) is 10.9. The van der Waals surface area contributed by atoms with Crippen molar-refractivity contribution in [3.05, 3.63) is 71.1 Å². The summed E-state index contributed by atoms with van der Waals surface area (Å²) in [7, 11) is 7.78. The summed E-state index contributed by atoms with van der Waals surface area (Å²) in [5, 5.41) is 17.6. The zero-order valence-corrected chi connectivity index (χ0v) is 35.1. The van der Waals surface area contributed by atoms with Crippen molar-refractivity contribution < 1.29 is 47.6 Å². The number of carbonyl (C=O) groups is 3. The molecule has 0 saturated heterocycles. The lowest BCUT2D eigenvalue weighted by Gasteiger charge is -2.19. The van der Waals surface area contributed by atoms with Crippen molar-refractivity contribution in [1.82, 2.24) is 15.2 Å². The van der Waals surface area contributed by atoms with Gasteiger partial charge in [0.2, 0.25) is 5.36 Å². The van der Waals surface area contributed by atoms with Crippen LogP contribution in [0.5, 0.6) is 0 Å². The summed E-state index contributed by atoms with van der Waals surface area (Å²) in [6, 6.07) is 16.4. The van der Waals surface area contributed by atoms with Crippen LogP contribution in [0.1, 0.15) is 46.4 Å². The highest BCUT2D eigenvalue weighted by atomic mass is 16.6. The molecule has 2 aromatic carbocycles. The first-order valence-corrected chi connectivity index (χ1v) is 20.6. The predicted molar refractivity (Wildman–Crippen MR) is 228 cm³/mol. The predicted octanol–water partition coefficient (Wildman–Crippen LogP) is 4.96. The molecule has 0 spiro atoms. The van der Waals surface area contributed by atoms with Crippen LogP contribution in [0.4, 0.5) is 10.5 Å². The molecular formula is C46H57N4O10+. The number of carboxylic acids is 1. The fourth-order valence-corrected chi connectivity index (χ4v) is 7.63. The first kappa shape index (κ1) is 44.1. The largest absolute Gasteiger partial charge is 0.478 e. The van der Waals surface area contributed by atoms with Gasteiger partial charge in [0, 0.05) is 79.9 Å². The lowest BCUT2D eigenvalue weighted by atomic mass is 9.89. The molecule has 1 unspecified atom stereocenters. The van der Waals surface area contributed by atoms with E-state index in [2.05, 4.69) is 22.5 Å². The van der Waals surface area contributed by atoms with Crippen LogP contribution in [0.3, 0.4) is 0 Å². The normalized spacial score (nSPS) is 16.8. The van der Waals surface area contributed by atoms with Gasteiger partial charge >= 0.3 is 12.1 Å². The third kappa shape index (κ3) is 11.8. The van der Waals surface area contributed by atoms with Gasteiger partial charge in [-0.05, 0) is 66.5 Å². The van der Waals surface area contributed by atoms with Gasteiger partial charge in [-0.1, -0.05) is 6.07 Å². The summed E-state index contributed by atoms with van der Waals surface area (Å²) in [5.41, 5.74) is 3.74. The van der Waals surface area contributed by atoms with Crippen molar-refractivity contribution >= 4 is 34.6 Å². The van der Waals surface area contributed by atoms with E-state index >= 15 is 0 Å². The second-order valence-corrected chi connectivity index (χ2v) is 15.3. The van der Waals surface area contributed by atoms with Gasteiger partial charge in [0.25, 0.3) is 5.91 Å². The molecule has 3 atom stereocenters. The van der Waals surface area contributed by atoms with Crippen LogP contribution in [0.2, 0.25) is 0 Å². The second-order valence-electron chi connectivity index (χ2n) is 15.3. The number of anilines is 1. The van der Waals surface area contributed by atoms with Crippen LogP contribution in [-0.2, 0) is 23.7 Å². The monoisotopic (exact) mass is 825 g/mol. The number of benzene rings is 3. The third-order valence-electron chi connectivity index (χ3n) is 10.9. The number of fused-ring (bicyclic) bond motifs is 3. The first-order chi connectivity index (χ1) is 29.1. The van der Waals surface area contributed by atoms with Gasteiger partial charge in [-0.2, -0.15) is 0 Å². The zero-order chi connectivity index (χ0) is 42.4. The van der Waals surface area contributed by atoms with Crippen molar-refractivity contribution in [1.29, 1.82) is 0 Å². The van der Waals surface area contributed by atoms with E-state index in [1.807, 2.05) is 74.1 Å². The van der Waals surface area contributed by atoms with Gasteiger partial charge in [-0.3, -0.25) is 4.79 Å². The van der Waals surface area contributed by atoms with E-state index in [1.165, 1.54) is 6.07 Å². The molecule has 60 heavy (non-hydrogen) atoms. The molecule has 4 aliphatic rings. The first-order valence-electron chi connectivity index (χ1n) is 20.6. The maximum atomic E-state index is 13.1. The molecule has 3 N–H and O–H groups in total. The Morgan fingerprint density at radius 1 is 0.783 bits per heavy atom. The number of carbonyl (C=O) groups excluding carboxylic acids is 2. The van der Waals surface area contributed by atoms with Gasteiger partial charge in [-0.25, -0.2) is 14.2 Å². The SMILES string of the molecule is CN(C)c1ccc2c(-c3ccc(C(=O)NCCOCCOCCOCCOCCNC(=O)OCC4[C@H]5CCC#CCC[C@@H]45)cc3C(=O)O)c3ccc(=[N+](C)C)cc-3oc2c1. The van der Waals surface area contributed by atoms with Crippen molar-refractivity contribution in [2.24, 2.45) is 17.8 Å². The average Bonchev–Trinajstić information content (AvgIpc) is 3.88. The number of alkyl carbamates (subject to hydrolysis) is 1. The van der Waals surface area contributed by atoms with Gasteiger partial charge in [0.15, 0.2) is 0 Å². The number of ether oxygens (including phenoxy) is 5. The van der Waals surface area contributed by atoms with E-state index in [0.717, 1.165) is 47.7 Å². The Labute approximate surface area is 351 Å². The van der Waals surface area contributed by atoms with Crippen LogP contribution in [0, 0.1) is 29.6 Å². The molecule has 6 rings (SSSR count). The van der Waals surface area contributed by atoms with E-state index < -0.39 is 18.0 Å². The molecule has 1 fully saturated rings. The van der Waals surface area contributed by atoms with E-state index in [4.69, 9.17) is 28.1 Å². The fourth-order valence-electron chi connectivity index (χ4n) is 7.63. The minimum absolute atomic E-state index is 0.00388. The molecule has 0 radical (unpaired) electrons. The Morgan fingerprint density at radius 2 is 1.40 bits per heavy atom. The number of hydrogen-bond acceptors (Lipinski definition) is 10. The van der Waals surface area contributed by atoms with Crippen LogP contribution >= 0.6 is 0 Å². The lowest BCUT2D eigenvalue weighted by Crippen LogP contribution is -2.29. The Bertz CT molecular complexity index is 2200. The summed E-state index contributed by atoms with van der Waals surface area (Å²) in [4.78, 5) is 39.8.